The molecule has 0 aliphatic heterocycles. The van der Waals surface area contributed by atoms with Gasteiger partial charge in [0.25, 0.3) is 0 Å². The highest BCUT2D eigenvalue weighted by molar-refractivity contribution is 5.87. The Morgan fingerprint density at radius 2 is 1.74 bits per heavy atom. The third kappa shape index (κ3) is 4.51. The van der Waals surface area contributed by atoms with E-state index in [2.05, 4.69) is 0 Å². The van der Waals surface area contributed by atoms with Crippen LogP contribution in [0, 0.1) is 6.55 Å². The Morgan fingerprint density at radius 3 is 2.39 bits per heavy atom. The van der Waals surface area contributed by atoms with Crippen LogP contribution < -0.4 is 4.74 Å². The van der Waals surface area contributed by atoms with Gasteiger partial charge < -0.3 is 4.74 Å². The van der Waals surface area contributed by atoms with Crippen molar-refractivity contribution < 1.29 is 22.9 Å². The molecular formula is C18H15F2NO2. The lowest BCUT2D eigenvalue weighted by atomic mass is 10.2. The molecule has 0 aromatic heterocycles. The first-order chi connectivity index (χ1) is 11.1. The molecule has 0 aliphatic rings. The minimum absolute atomic E-state index is 0.206. The first-order valence-electron chi connectivity index (χ1n) is 6.92. The summed E-state index contributed by atoms with van der Waals surface area (Å²) < 4.78 is 32.5. The van der Waals surface area contributed by atoms with Crippen molar-refractivity contribution in [2.75, 3.05) is 0 Å². The quantitative estimate of drug-likeness (QED) is 0.156. The van der Waals surface area contributed by atoms with Crippen molar-refractivity contribution >= 4 is 17.9 Å². The van der Waals surface area contributed by atoms with E-state index in [1.807, 2.05) is 0 Å². The monoisotopic (exact) mass is 315 g/mol. The first-order valence-corrected chi connectivity index (χ1v) is 6.92. The number of allylic oxidation sites excluding steroid dienone is 1. The maximum Gasteiger partial charge on any atom is 0.419 e. The number of hydrogen-bond donors (Lipinski definition) is 0. The third-order valence-corrected chi connectivity index (χ3v) is 2.92. The Labute approximate surface area is 133 Å². The second kappa shape index (κ2) is 7.89. The SMILES string of the molecule is C/C=C/C(=O)Oc1ccccc1/C=[N+](/c1ccccc1)[C-](F)F. The molecule has 0 fully saturated rings. The maximum absolute atomic E-state index is 13.3. The second-order valence-corrected chi connectivity index (χ2v) is 4.53. The summed E-state index contributed by atoms with van der Waals surface area (Å²) in [6.45, 7) is -0.199. The maximum atomic E-state index is 13.3. The fraction of sp³-hybridized carbons (Fsp3) is 0.0556. The lowest BCUT2D eigenvalue weighted by Gasteiger charge is -2.11. The van der Waals surface area contributed by atoms with Crippen LogP contribution in [-0.2, 0) is 4.79 Å². The standard InChI is InChI=1S/C18H15F2NO2/c1-2-8-17(22)23-16-12-7-6-9-14(16)13-21(18(19)20)15-10-4-3-5-11-15/h2-13H,1H3/b8-2+. The van der Waals surface area contributed by atoms with Crippen LogP contribution in [0.3, 0.4) is 0 Å². The van der Waals surface area contributed by atoms with Crippen LogP contribution in [-0.4, -0.2) is 16.8 Å². The van der Waals surface area contributed by atoms with E-state index < -0.39 is 12.5 Å². The largest absolute Gasteiger partial charge is 0.424 e. The van der Waals surface area contributed by atoms with E-state index in [1.54, 1.807) is 67.6 Å². The van der Waals surface area contributed by atoms with Crippen molar-refractivity contribution in [1.82, 2.24) is 0 Å². The summed E-state index contributed by atoms with van der Waals surface area (Å²) in [4.78, 5) is 11.6. The van der Waals surface area contributed by atoms with Gasteiger partial charge in [0.15, 0.2) is 0 Å². The molecule has 23 heavy (non-hydrogen) atoms. The number of ether oxygens (including phenoxy) is 1. The van der Waals surface area contributed by atoms with Crippen molar-refractivity contribution in [1.29, 1.82) is 0 Å². The van der Waals surface area contributed by atoms with Crippen molar-refractivity contribution in [2.24, 2.45) is 0 Å². The van der Waals surface area contributed by atoms with E-state index in [0.29, 0.717) is 11.3 Å². The van der Waals surface area contributed by atoms with E-state index >= 15 is 0 Å². The molecule has 0 radical (unpaired) electrons. The lowest BCUT2D eigenvalue weighted by molar-refractivity contribution is -0.479. The number of halogens is 2. The second-order valence-electron chi connectivity index (χ2n) is 4.53. The van der Waals surface area contributed by atoms with E-state index in [0.717, 1.165) is 4.58 Å². The molecular weight excluding hydrogens is 300 g/mol. The lowest BCUT2D eigenvalue weighted by Crippen LogP contribution is -2.11. The highest BCUT2D eigenvalue weighted by Crippen LogP contribution is 2.22. The number of para-hydroxylation sites is 2. The molecule has 0 aliphatic carbocycles. The molecule has 5 heteroatoms. The van der Waals surface area contributed by atoms with Crippen LogP contribution >= 0.6 is 0 Å². The summed E-state index contributed by atoms with van der Waals surface area (Å²) in [6.07, 6.45) is 4.02. The Morgan fingerprint density at radius 1 is 1.09 bits per heavy atom. The minimum Gasteiger partial charge on any atom is -0.424 e. The van der Waals surface area contributed by atoms with Gasteiger partial charge in [0.1, 0.15) is 11.4 Å². The van der Waals surface area contributed by atoms with Crippen LogP contribution in [0.4, 0.5) is 14.5 Å². The molecule has 0 bridgehead atoms. The molecule has 0 saturated heterocycles. The molecule has 2 aromatic rings. The number of rotatable bonds is 5. The van der Waals surface area contributed by atoms with Gasteiger partial charge in [-0.25, -0.2) is 4.79 Å². The van der Waals surface area contributed by atoms with Crippen molar-refractivity contribution in [3.63, 3.8) is 0 Å². The zero-order chi connectivity index (χ0) is 16.7. The molecule has 0 unspecified atom stereocenters. The van der Waals surface area contributed by atoms with Gasteiger partial charge in [-0.05, 0) is 25.1 Å². The van der Waals surface area contributed by atoms with Gasteiger partial charge in [-0.3, -0.25) is 4.58 Å². The zero-order valence-electron chi connectivity index (χ0n) is 12.4. The molecule has 0 spiro atoms. The topological polar surface area (TPSA) is 29.3 Å². The average molecular weight is 315 g/mol. The molecule has 118 valence electrons. The van der Waals surface area contributed by atoms with E-state index in [9.17, 15) is 13.6 Å². The summed E-state index contributed by atoms with van der Waals surface area (Å²) in [5.74, 6) is -0.359. The summed E-state index contributed by atoms with van der Waals surface area (Å²) >= 11 is 0. The summed E-state index contributed by atoms with van der Waals surface area (Å²) in [5, 5.41) is 0. The molecule has 0 atom stereocenters. The molecule has 2 rings (SSSR count). The average Bonchev–Trinajstić information content (AvgIpc) is 2.54. The van der Waals surface area contributed by atoms with Crippen LogP contribution in [0.1, 0.15) is 12.5 Å². The van der Waals surface area contributed by atoms with Gasteiger partial charge in [0.05, 0.1) is 6.21 Å². The molecule has 0 amide bonds. The van der Waals surface area contributed by atoms with Gasteiger partial charge >= 0.3 is 12.5 Å². The molecule has 0 N–H and O–H groups in total. The van der Waals surface area contributed by atoms with Crippen molar-refractivity contribution in [2.45, 2.75) is 6.92 Å². The van der Waals surface area contributed by atoms with Gasteiger partial charge in [-0.15, -0.1) is 0 Å². The number of hydrogen-bond acceptors (Lipinski definition) is 2. The smallest absolute Gasteiger partial charge is 0.419 e. The zero-order valence-corrected chi connectivity index (χ0v) is 12.4. The van der Waals surface area contributed by atoms with Gasteiger partial charge in [0.2, 0.25) is 0 Å². The number of esters is 1. The predicted molar refractivity (Wildman–Crippen MR) is 83.9 cm³/mol. The molecule has 2 aromatic carbocycles. The normalized spacial score (nSPS) is 11.5. The van der Waals surface area contributed by atoms with Crippen molar-refractivity contribution in [3.05, 3.63) is 78.9 Å². The van der Waals surface area contributed by atoms with E-state index in [-0.39, 0.29) is 5.75 Å². The fourth-order valence-corrected chi connectivity index (χ4v) is 1.91. The summed E-state index contributed by atoms with van der Waals surface area (Å²) in [7, 11) is 0. The summed E-state index contributed by atoms with van der Waals surface area (Å²) in [6, 6.07) is 14.7. The first kappa shape index (κ1) is 16.4. The number of carbonyl (C=O) groups is 1. The number of benzene rings is 2. The van der Waals surface area contributed by atoms with E-state index in [1.165, 1.54) is 12.3 Å². The van der Waals surface area contributed by atoms with Gasteiger partial charge in [-0.1, -0.05) is 42.5 Å². The minimum atomic E-state index is -1.88. The van der Waals surface area contributed by atoms with E-state index in [4.69, 9.17) is 4.74 Å². The molecule has 0 heterocycles. The number of carbonyl (C=O) groups excluding carboxylic acids is 1. The Kier molecular flexibility index (Phi) is 5.63. The fourth-order valence-electron chi connectivity index (χ4n) is 1.91. The van der Waals surface area contributed by atoms with Crippen LogP contribution in [0.15, 0.2) is 66.7 Å². The van der Waals surface area contributed by atoms with Gasteiger partial charge in [-0.2, -0.15) is 8.78 Å². The third-order valence-electron chi connectivity index (χ3n) is 2.92. The molecule has 0 saturated carbocycles. The molecule has 3 nitrogen and oxygen atoms in total. The Balaban J connectivity index is 2.42. The van der Waals surface area contributed by atoms with Crippen molar-refractivity contribution in [3.8, 4) is 5.75 Å². The van der Waals surface area contributed by atoms with Gasteiger partial charge in [0, 0.05) is 11.6 Å². The highest BCUT2D eigenvalue weighted by atomic mass is 19.3. The van der Waals surface area contributed by atoms with Crippen LogP contribution in [0.2, 0.25) is 0 Å². The van der Waals surface area contributed by atoms with Crippen LogP contribution in [0.25, 0.3) is 0 Å². The summed E-state index contributed by atoms with van der Waals surface area (Å²) in [5.41, 5.74) is 0.670. The number of nitrogens with zero attached hydrogens (tertiary/aromatic N) is 1. The predicted octanol–water partition coefficient (Wildman–Crippen LogP) is 4.32. The highest BCUT2D eigenvalue weighted by Gasteiger charge is 2.15. The Hall–Kier alpha value is -2.95. The Bertz CT molecular complexity index is 725. The van der Waals surface area contributed by atoms with Crippen LogP contribution in [0.5, 0.6) is 5.75 Å².